The molecule has 1 aliphatic rings. The molecule has 1 atom stereocenters. The van der Waals surface area contributed by atoms with Gasteiger partial charge in [0.2, 0.25) is 0 Å². The molecule has 0 radical (unpaired) electrons. The SMILES string of the molecule is CCCCCCCC(CC1CC1)NN. The van der Waals surface area contributed by atoms with Crippen molar-refractivity contribution < 1.29 is 0 Å². The van der Waals surface area contributed by atoms with E-state index in [4.69, 9.17) is 5.84 Å². The summed E-state index contributed by atoms with van der Waals surface area (Å²) in [5.41, 5.74) is 2.96. The summed E-state index contributed by atoms with van der Waals surface area (Å²) in [6, 6.07) is 0.587. The first kappa shape index (κ1) is 12.0. The topological polar surface area (TPSA) is 38.0 Å². The summed E-state index contributed by atoms with van der Waals surface area (Å²) in [5.74, 6) is 6.53. The number of hydrogen-bond donors (Lipinski definition) is 2. The maximum atomic E-state index is 5.54. The second-order valence-corrected chi connectivity index (χ2v) is 4.75. The summed E-state index contributed by atoms with van der Waals surface area (Å²) in [6.45, 7) is 2.26. The van der Waals surface area contributed by atoms with Gasteiger partial charge in [0.05, 0.1) is 0 Å². The first-order chi connectivity index (χ1) is 6.86. The molecule has 1 saturated carbocycles. The van der Waals surface area contributed by atoms with Crippen LogP contribution in [0.25, 0.3) is 0 Å². The third kappa shape index (κ3) is 5.61. The van der Waals surface area contributed by atoms with Crippen molar-refractivity contribution in [2.45, 2.75) is 70.8 Å². The van der Waals surface area contributed by atoms with E-state index < -0.39 is 0 Å². The van der Waals surface area contributed by atoms with Crippen LogP contribution in [0.5, 0.6) is 0 Å². The van der Waals surface area contributed by atoms with E-state index in [1.165, 1.54) is 57.8 Å². The monoisotopic (exact) mass is 198 g/mol. The molecule has 0 spiro atoms. The summed E-state index contributed by atoms with van der Waals surface area (Å²) < 4.78 is 0. The van der Waals surface area contributed by atoms with Gasteiger partial charge in [0.25, 0.3) is 0 Å². The van der Waals surface area contributed by atoms with Crippen LogP contribution in [0.1, 0.15) is 64.7 Å². The predicted molar refractivity (Wildman–Crippen MR) is 61.8 cm³/mol. The van der Waals surface area contributed by atoms with Crippen molar-refractivity contribution in [2.24, 2.45) is 11.8 Å². The third-order valence-corrected chi connectivity index (χ3v) is 3.21. The van der Waals surface area contributed by atoms with Gasteiger partial charge in [-0.3, -0.25) is 11.3 Å². The summed E-state index contributed by atoms with van der Waals surface area (Å²) in [4.78, 5) is 0. The van der Waals surface area contributed by atoms with E-state index in [1.54, 1.807) is 0 Å². The van der Waals surface area contributed by atoms with Gasteiger partial charge in [-0.05, 0) is 18.8 Å². The second-order valence-electron chi connectivity index (χ2n) is 4.75. The Morgan fingerprint density at radius 3 is 2.50 bits per heavy atom. The van der Waals surface area contributed by atoms with Gasteiger partial charge in [-0.1, -0.05) is 51.9 Å². The standard InChI is InChI=1S/C12H26N2/c1-2-3-4-5-6-7-12(14-13)10-11-8-9-11/h11-12,14H,2-10,13H2,1H3. The Labute approximate surface area is 88.6 Å². The van der Waals surface area contributed by atoms with E-state index in [1.807, 2.05) is 0 Å². The van der Waals surface area contributed by atoms with Crippen molar-refractivity contribution in [3.63, 3.8) is 0 Å². The summed E-state index contributed by atoms with van der Waals surface area (Å²) in [6.07, 6.45) is 12.3. The average Bonchev–Trinajstić information content (AvgIpc) is 2.99. The van der Waals surface area contributed by atoms with Crippen LogP contribution in [0.2, 0.25) is 0 Å². The van der Waals surface area contributed by atoms with E-state index in [-0.39, 0.29) is 0 Å². The molecule has 0 aliphatic heterocycles. The van der Waals surface area contributed by atoms with Crippen LogP contribution in [-0.2, 0) is 0 Å². The molecule has 0 aromatic carbocycles. The molecule has 1 unspecified atom stereocenters. The Hall–Kier alpha value is -0.0800. The number of hydrazine groups is 1. The van der Waals surface area contributed by atoms with Crippen LogP contribution in [0.4, 0.5) is 0 Å². The number of nitrogens with two attached hydrogens (primary N) is 1. The molecule has 14 heavy (non-hydrogen) atoms. The van der Waals surface area contributed by atoms with Crippen molar-refractivity contribution in [3.8, 4) is 0 Å². The van der Waals surface area contributed by atoms with Crippen LogP contribution in [0.3, 0.4) is 0 Å². The molecule has 0 heterocycles. The lowest BCUT2D eigenvalue weighted by molar-refractivity contribution is 0.421. The summed E-state index contributed by atoms with van der Waals surface area (Å²) >= 11 is 0. The zero-order valence-electron chi connectivity index (χ0n) is 9.60. The van der Waals surface area contributed by atoms with Crippen molar-refractivity contribution in [2.75, 3.05) is 0 Å². The number of nitrogens with one attached hydrogen (secondary N) is 1. The van der Waals surface area contributed by atoms with E-state index in [2.05, 4.69) is 12.3 Å². The van der Waals surface area contributed by atoms with Crippen LogP contribution >= 0.6 is 0 Å². The van der Waals surface area contributed by atoms with Gasteiger partial charge in [0.15, 0.2) is 0 Å². The molecule has 1 aliphatic carbocycles. The summed E-state index contributed by atoms with van der Waals surface area (Å²) in [7, 11) is 0. The molecule has 2 nitrogen and oxygen atoms in total. The first-order valence-corrected chi connectivity index (χ1v) is 6.33. The molecule has 0 aromatic rings. The van der Waals surface area contributed by atoms with Crippen LogP contribution in [0, 0.1) is 5.92 Å². The third-order valence-electron chi connectivity index (χ3n) is 3.21. The molecule has 1 fully saturated rings. The normalized spacial score (nSPS) is 18.4. The van der Waals surface area contributed by atoms with Crippen LogP contribution in [-0.4, -0.2) is 6.04 Å². The fourth-order valence-corrected chi connectivity index (χ4v) is 2.02. The fourth-order valence-electron chi connectivity index (χ4n) is 2.02. The quantitative estimate of drug-likeness (QED) is 0.339. The van der Waals surface area contributed by atoms with Gasteiger partial charge in [-0.2, -0.15) is 0 Å². The minimum Gasteiger partial charge on any atom is -0.271 e. The highest BCUT2D eigenvalue weighted by atomic mass is 15.2. The van der Waals surface area contributed by atoms with Gasteiger partial charge in [0, 0.05) is 6.04 Å². The smallest absolute Gasteiger partial charge is 0.0213 e. The van der Waals surface area contributed by atoms with Gasteiger partial charge in [0.1, 0.15) is 0 Å². The Balaban J connectivity index is 1.90. The van der Waals surface area contributed by atoms with E-state index in [0.29, 0.717) is 6.04 Å². The fraction of sp³-hybridized carbons (Fsp3) is 1.00. The summed E-state index contributed by atoms with van der Waals surface area (Å²) in [5, 5.41) is 0. The van der Waals surface area contributed by atoms with Gasteiger partial charge in [-0.15, -0.1) is 0 Å². The zero-order chi connectivity index (χ0) is 10.2. The zero-order valence-corrected chi connectivity index (χ0v) is 9.60. The lowest BCUT2D eigenvalue weighted by Crippen LogP contribution is -2.35. The van der Waals surface area contributed by atoms with Gasteiger partial charge < -0.3 is 0 Å². The highest BCUT2D eigenvalue weighted by Gasteiger charge is 2.24. The molecule has 84 valence electrons. The first-order valence-electron chi connectivity index (χ1n) is 6.33. The molecule has 0 aromatic heterocycles. The maximum absolute atomic E-state index is 5.54. The van der Waals surface area contributed by atoms with Crippen LogP contribution in [0.15, 0.2) is 0 Å². The predicted octanol–water partition coefficient (Wildman–Crippen LogP) is 2.98. The minimum absolute atomic E-state index is 0.587. The van der Waals surface area contributed by atoms with Gasteiger partial charge >= 0.3 is 0 Å². The Morgan fingerprint density at radius 1 is 1.21 bits per heavy atom. The van der Waals surface area contributed by atoms with E-state index in [9.17, 15) is 0 Å². The lowest BCUT2D eigenvalue weighted by Gasteiger charge is -2.14. The van der Waals surface area contributed by atoms with Crippen molar-refractivity contribution in [1.82, 2.24) is 5.43 Å². The Morgan fingerprint density at radius 2 is 1.93 bits per heavy atom. The highest BCUT2D eigenvalue weighted by molar-refractivity contribution is 4.79. The number of unbranched alkanes of at least 4 members (excludes halogenated alkanes) is 4. The minimum atomic E-state index is 0.587. The molecule has 0 bridgehead atoms. The van der Waals surface area contributed by atoms with E-state index >= 15 is 0 Å². The molecule has 0 amide bonds. The Kier molecular flexibility index (Phi) is 6.20. The Bertz CT molecular complexity index is 132. The average molecular weight is 198 g/mol. The molecule has 0 saturated heterocycles. The lowest BCUT2D eigenvalue weighted by atomic mass is 10.0. The highest BCUT2D eigenvalue weighted by Crippen LogP contribution is 2.34. The molecular formula is C12H26N2. The second kappa shape index (κ2) is 7.24. The maximum Gasteiger partial charge on any atom is 0.0213 e. The molecule has 1 rings (SSSR count). The van der Waals surface area contributed by atoms with Gasteiger partial charge in [-0.25, -0.2) is 0 Å². The number of rotatable bonds is 9. The van der Waals surface area contributed by atoms with Crippen molar-refractivity contribution >= 4 is 0 Å². The molecule has 3 N–H and O–H groups in total. The van der Waals surface area contributed by atoms with E-state index in [0.717, 1.165) is 5.92 Å². The molecular weight excluding hydrogens is 172 g/mol. The number of hydrogen-bond acceptors (Lipinski definition) is 2. The largest absolute Gasteiger partial charge is 0.271 e. The molecule has 2 heteroatoms. The van der Waals surface area contributed by atoms with Crippen LogP contribution < -0.4 is 11.3 Å². The van der Waals surface area contributed by atoms with Crippen molar-refractivity contribution in [3.05, 3.63) is 0 Å². The van der Waals surface area contributed by atoms with Crippen molar-refractivity contribution in [1.29, 1.82) is 0 Å².